The van der Waals surface area contributed by atoms with Crippen LogP contribution in [0.4, 0.5) is 4.39 Å². The van der Waals surface area contributed by atoms with Crippen molar-refractivity contribution in [1.82, 2.24) is 14.5 Å². The Balaban J connectivity index is 2.28. The molecule has 0 unspecified atom stereocenters. The zero-order chi connectivity index (χ0) is 23.7. The van der Waals surface area contributed by atoms with Crippen LogP contribution in [0.15, 0.2) is 67.3 Å². The molecule has 0 saturated carbocycles. The van der Waals surface area contributed by atoms with E-state index in [1.54, 1.807) is 31.2 Å². The molecule has 0 aliphatic rings. The first-order valence-corrected chi connectivity index (χ1v) is 11.9. The molecular formula is C23H28FN3O4S. The minimum absolute atomic E-state index is 0.0186. The summed E-state index contributed by atoms with van der Waals surface area (Å²) in [6, 6.07) is 13.6. The van der Waals surface area contributed by atoms with Gasteiger partial charge < -0.3 is 10.2 Å². The SMILES string of the molecule is C=CCNC(=O)[C@H](C)N(Cc1ccc(F)cc1)C(=O)CN(Cc1ccccc1)S(C)(=O)=O. The Morgan fingerprint density at radius 2 is 1.66 bits per heavy atom. The van der Waals surface area contributed by atoms with E-state index < -0.39 is 40.2 Å². The molecule has 9 heteroatoms. The number of nitrogens with zero attached hydrogens (tertiary/aromatic N) is 2. The minimum Gasteiger partial charge on any atom is -0.351 e. The van der Waals surface area contributed by atoms with Crippen molar-refractivity contribution in [3.8, 4) is 0 Å². The van der Waals surface area contributed by atoms with Crippen LogP contribution in [0.3, 0.4) is 0 Å². The lowest BCUT2D eigenvalue weighted by atomic mass is 10.1. The largest absolute Gasteiger partial charge is 0.351 e. The predicted octanol–water partition coefficient (Wildman–Crippen LogP) is 2.31. The van der Waals surface area contributed by atoms with E-state index in [0.717, 1.165) is 16.1 Å². The fourth-order valence-electron chi connectivity index (χ4n) is 3.01. The molecule has 0 aliphatic carbocycles. The molecule has 1 atom stereocenters. The topological polar surface area (TPSA) is 86.8 Å². The molecule has 0 fully saturated rings. The summed E-state index contributed by atoms with van der Waals surface area (Å²) < 4.78 is 39.1. The quantitative estimate of drug-likeness (QED) is 0.521. The molecule has 2 aromatic carbocycles. The van der Waals surface area contributed by atoms with Crippen molar-refractivity contribution in [3.05, 3.63) is 84.2 Å². The van der Waals surface area contributed by atoms with Crippen LogP contribution in [0, 0.1) is 5.82 Å². The van der Waals surface area contributed by atoms with Gasteiger partial charge in [0.25, 0.3) is 0 Å². The number of sulfonamides is 1. The van der Waals surface area contributed by atoms with E-state index in [-0.39, 0.29) is 19.6 Å². The summed E-state index contributed by atoms with van der Waals surface area (Å²) in [4.78, 5) is 27.0. The zero-order valence-electron chi connectivity index (χ0n) is 18.2. The number of rotatable bonds is 11. The second-order valence-corrected chi connectivity index (χ2v) is 9.36. The van der Waals surface area contributed by atoms with Gasteiger partial charge in [-0.2, -0.15) is 4.31 Å². The molecule has 2 amide bonds. The van der Waals surface area contributed by atoms with Crippen LogP contribution in [-0.2, 0) is 32.7 Å². The Hall–Kier alpha value is -3.04. The molecule has 0 aromatic heterocycles. The van der Waals surface area contributed by atoms with Gasteiger partial charge in [0.1, 0.15) is 11.9 Å². The summed E-state index contributed by atoms with van der Waals surface area (Å²) >= 11 is 0. The smallest absolute Gasteiger partial charge is 0.242 e. The van der Waals surface area contributed by atoms with Gasteiger partial charge in [0, 0.05) is 19.6 Å². The highest BCUT2D eigenvalue weighted by Crippen LogP contribution is 2.14. The van der Waals surface area contributed by atoms with Crippen molar-refractivity contribution in [3.63, 3.8) is 0 Å². The highest BCUT2D eigenvalue weighted by molar-refractivity contribution is 7.88. The van der Waals surface area contributed by atoms with Crippen LogP contribution in [0.25, 0.3) is 0 Å². The number of hydrogen-bond donors (Lipinski definition) is 1. The maximum Gasteiger partial charge on any atom is 0.242 e. The highest BCUT2D eigenvalue weighted by atomic mass is 32.2. The lowest BCUT2D eigenvalue weighted by molar-refractivity contribution is -0.140. The lowest BCUT2D eigenvalue weighted by Gasteiger charge is -2.31. The van der Waals surface area contributed by atoms with Crippen molar-refractivity contribution in [1.29, 1.82) is 0 Å². The molecule has 0 heterocycles. The van der Waals surface area contributed by atoms with E-state index in [9.17, 15) is 22.4 Å². The summed E-state index contributed by atoms with van der Waals surface area (Å²) in [5.74, 6) is -1.37. The molecule has 1 N–H and O–H groups in total. The maximum atomic E-state index is 13.3. The Morgan fingerprint density at radius 3 is 2.22 bits per heavy atom. The van der Waals surface area contributed by atoms with Crippen molar-refractivity contribution in [2.75, 3.05) is 19.3 Å². The summed E-state index contributed by atoms with van der Waals surface area (Å²) in [6.45, 7) is 4.94. The van der Waals surface area contributed by atoms with Crippen molar-refractivity contribution in [2.24, 2.45) is 0 Å². The molecule has 0 radical (unpaired) electrons. The van der Waals surface area contributed by atoms with E-state index in [1.165, 1.54) is 35.2 Å². The van der Waals surface area contributed by atoms with E-state index in [0.29, 0.717) is 5.56 Å². The van der Waals surface area contributed by atoms with Gasteiger partial charge in [-0.1, -0.05) is 48.5 Å². The van der Waals surface area contributed by atoms with Crippen LogP contribution in [0.5, 0.6) is 0 Å². The van der Waals surface area contributed by atoms with E-state index in [1.807, 2.05) is 6.07 Å². The molecule has 0 saturated heterocycles. The molecule has 172 valence electrons. The Kier molecular flexibility index (Phi) is 9.10. The lowest BCUT2D eigenvalue weighted by Crippen LogP contribution is -2.51. The summed E-state index contributed by atoms with van der Waals surface area (Å²) in [5, 5.41) is 2.64. The first kappa shape index (κ1) is 25.2. The maximum absolute atomic E-state index is 13.3. The van der Waals surface area contributed by atoms with Crippen LogP contribution in [-0.4, -0.2) is 54.8 Å². The van der Waals surface area contributed by atoms with Gasteiger partial charge in [0.2, 0.25) is 21.8 Å². The van der Waals surface area contributed by atoms with Crippen LogP contribution >= 0.6 is 0 Å². The summed E-state index contributed by atoms with van der Waals surface area (Å²) in [7, 11) is -3.71. The highest BCUT2D eigenvalue weighted by Gasteiger charge is 2.29. The number of carbonyl (C=O) groups is 2. The third-order valence-corrected chi connectivity index (χ3v) is 6.03. The second-order valence-electron chi connectivity index (χ2n) is 7.37. The fraction of sp³-hybridized carbons (Fsp3) is 0.304. The van der Waals surface area contributed by atoms with Gasteiger partial charge in [0.05, 0.1) is 12.8 Å². The average molecular weight is 462 g/mol. The van der Waals surface area contributed by atoms with Gasteiger partial charge in [-0.15, -0.1) is 6.58 Å². The molecule has 7 nitrogen and oxygen atoms in total. The van der Waals surface area contributed by atoms with E-state index in [4.69, 9.17) is 0 Å². The molecular weight excluding hydrogens is 433 g/mol. The Morgan fingerprint density at radius 1 is 1.06 bits per heavy atom. The van der Waals surface area contributed by atoms with E-state index >= 15 is 0 Å². The number of amides is 2. The predicted molar refractivity (Wildman–Crippen MR) is 121 cm³/mol. The van der Waals surface area contributed by atoms with Gasteiger partial charge in [-0.25, -0.2) is 12.8 Å². The first-order chi connectivity index (χ1) is 15.1. The number of halogens is 1. The Labute approximate surface area is 188 Å². The van der Waals surface area contributed by atoms with Gasteiger partial charge in [-0.05, 0) is 30.2 Å². The third kappa shape index (κ3) is 7.58. The van der Waals surface area contributed by atoms with Gasteiger partial charge in [0.15, 0.2) is 0 Å². The summed E-state index contributed by atoms with van der Waals surface area (Å²) in [5.41, 5.74) is 1.34. The average Bonchev–Trinajstić information content (AvgIpc) is 2.76. The molecule has 0 spiro atoms. The molecule has 32 heavy (non-hydrogen) atoms. The van der Waals surface area contributed by atoms with Crippen molar-refractivity contribution in [2.45, 2.75) is 26.1 Å². The molecule has 2 aromatic rings. The van der Waals surface area contributed by atoms with Crippen LogP contribution in [0.1, 0.15) is 18.1 Å². The minimum atomic E-state index is -3.71. The number of carbonyl (C=O) groups excluding carboxylic acids is 2. The summed E-state index contributed by atoms with van der Waals surface area (Å²) in [6.07, 6.45) is 2.55. The number of nitrogens with one attached hydrogen (secondary N) is 1. The fourth-order valence-corrected chi connectivity index (χ4v) is 3.74. The van der Waals surface area contributed by atoms with Gasteiger partial charge in [-0.3, -0.25) is 9.59 Å². The van der Waals surface area contributed by atoms with Crippen LogP contribution in [0.2, 0.25) is 0 Å². The van der Waals surface area contributed by atoms with Crippen molar-refractivity contribution >= 4 is 21.8 Å². The third-order valence-electron chi connectivity index (χ3n) is 4.84. The monoisotopic (exact) mass is 461 g/mol. The molecule has 2 rings (SSSR count). The number of hydrogen-bond acceptors (Lipinski definition) is 4. The Bertz CT molecular complexity index is 1030. The molecule has 0 aliphatic heterocycles. The molecule has 0 bridgehead atoms. The first-order valence-electron chi connectivity index (χ1n) is 10.0. The van der Waals surface area contributed by atoms with Crippen molar-refractivity contribution < 1.29 is 22.4 Å². The zero-order valence-corrected chi connectivity index (χ0v) is 19.0. The van der Waals surface area contributed by atoms with Gasteiger partial charge >= 0.3 is 0 Å². The second kappa shape index (κ2) is 11.5. The number of benzene rings is 2. The van der Waals surface area contributed by atoms with E-state index in [2.05, 4.69) is 11.9 Å². The standard InChI is InChI=1S/C23H28FN3O4S/c1-4-14-25-23(29)18(2)27(16-20-10-12-21(24)13-11-20)22(28)17-26(32(3,30)31)15-19-8-6-5-7-9-19/h4-13,18H,1,14-17H2,2-3H3,(H,25,29)/t18-/m0/s1. The normalized spacial score (nSPS) is 12.2. The van der Waals surface area contributed by atoms with Crippen LogP contribution < -0.4 is 5.32 Å².